The Morgan fingerprint density at radius 3 is 2.34 bits per heavy atom. The van der Waals surface area contributed by atoms with Gasteiger partial charge in [-0.05, 0) is 50.3 Å². The Morgan fingerprint density at radius 2 is 1.79 bits per heavy atom. The fraction of sp³-hybridized carbons (Fsp3) is 0.586. The molecule has 2 unspecified atom stereocenters. The van der Waals surface area contributed by atoms with Gasteiger partial charge in [-0.1, -0.05) is 70.9 Å². The SMILES string of the molecule is C=Cc1cccc(C(C(=O)NCC(=O)OC)N(CCCCCC)C(=O)C(NC(=O)OC(C)(C)C)C(C)C)c1. The number of benzene rings is 1. The van der Waals surface area contributed by atoms with E-state index < -0.39 is 41.6 Å². The topological polar surface area (TPSA) is 114 Å². The second-order valence-electron chi connectivity index (χ2n) is 10.5. The maximum Gasteiger partial charge on any atom is 0.408 e. The zero-order valence-corrected chi connectivity index (χ0v) is 24.0. The highest BCUT2D eigenvalue weighted by Crippen LogP contribution is 2.26. The van der Waals surface area contributed by atoms with E-state index in [-0.39, 0.29) is 19.0 Å². The van der Waals surface area contributed by atoms with E-state index in [4.69, 9.17) is 4.74 Å². The number of carbonyl (C=O) groups excluding carboxylic acids is 4. The molecule has 0 aliphatic rings. The zero-order chi connectivity index (χ0) is 28.9. The molecule has 0 saturated heterocycles. The lowest BCUT2D eigenvalue weighted by atomic mass is 9.97. The maximum atomic E-state index is 14.1. The molecule has 1 rings (SSSR count). The molecule has 1 aromatic carbocycles. The molecule has 9 nitrogen and oxygen atoms in total. The minimum Gasteiger partial charge on any atom is -0.468 e. The van der Waals surface area contributed by atoms with Gasteiger partial charge in [0.25, 0.3) is 0 Å². The Balaban J connectivity index is 3.51. The van der Waals surface area contributed by atoms with Crippen LogP contribution in [0.3, 0.4) is 0 Å². The molecule has 0 heterocycles. The molecular formula is C29H45N3O6. The molecule has 0 radical (unpaired) electrons. The summed E-state index contributed by atoms with van der Waals surface area (Å²) in [4.78, 5) is 53.5. The van der Waals surface area contributed by atoms with Crippen LogP contribution in [0.5, 0.6) is 0 Å². The van der Waals surface area contributed by atoms with Crippen LogP contribution in [0.4, 0.5) is 4.79 Å². The Labute approximate surface area is 227 Å². The molecule has 0 aliphatic heterocycles. The van der Waals surface area contributed by atoms with Crippen molar-refractivity contribution in [1.29, 1.82) is 0 Å². The van der Waals surface area contributed by atoms with Crippen LogP contribution in [0.2, 0.25) is 0 Å². The highest BCUT2D eigenvalue weighted by Gasteiger charge is 2.37. The van der Waals surface area contributed by atoms with Crippen molar-refractivity contribution in [3.05, 3.63) is 42.0 Å². The normalized spacial score (nSPS) is 12.7. The first kappa shape index (κ1) is 32.7. The molecular weight excluding hydrogens is 486 g/mol. The van der Waals surface area contributed by atoms with Crippen LogP contribution in [0.25, 0.3) is 6.08 Å². The monoisotopic (exact) mass is 531 g/mol. The predicted molar refractivity (Wildman–Crippen MR) is 148 cm³/mol. The molecule has 3 amide bonds. The number of nitrogens with one attached hydrogen (secondary N) is 2. The largest absolute Gasteiger partial charge is 0.468 e. The van der Waals surface area contributed by atoms with Crippen LogP contribution < -0.4 is 10.6 Å². The number of hydrogen-bond donors (Lipinski definition) is 2. The van der Waals surface area contributed by atoms with Gasteiger partial charge in [-0.2, -0.15) is 0 Å². The molecule has 1 aromatic rings. The van der Waals surface area contributed by atoms with Crippen LogP contribution >= 0.6 is 0 Å². The van der Waals surface area contributed by atoms with Crippen LogP contribution in [-0.2, 0) is 23.9 Å². The van der Waals surface area contributed by atoms with Gasteiger partial charge in [-0.15, -0.1) is 0 Å². The molecule has 0 spiro atoms. The summed E-state index contributed by atoms with van der Waals surface area (Å²) in [7, 11) is 1.23. The van der Waals surface area contributed by atoms with Crippen molar-refractivity contribution < 1.29 is 28.7 Å². The lowest BCUT2D eigenvalue weighted by Gasteiger charge is -2.35. The number of nitrogens with zero attached hydrogens (tertiary/aromatic N) is 1. The van der Waals surface area contributed by atoms with Gasteiger partial charge in [-0.25, -0.2) is 4.79 Å². The fourth-order valence-electron chi connectivity index (χ4n) is 3.86. The summed E-state index contributed by atoms with van der Waals surface area (Å²) in [6.45, 7) is 14.7. The van der Waals surface area contributed by atoms with E-state index in [0.29, 0.717) is 12.0 Å². The molecule has 38 heavy (non-hydrogen) atoms. The smallest absolute Gasteiger partial charge is 0.408 e. The molecule has 0 saturated carbocycles. The van der Waals surface area contributed by atoms with Crippen molar-refractivity contribution in [3.8, 4) is 0 Å². The minimum atomic E-state index is -1.05. The molecule has 0 aromatic heterocycles. The number of esters is 1. The van der Waals surface area contributed by atoms with Crippen molar-refractivity contribution in [3.63, 3.8) is 0 Å². The molecule has 0 bridgehead atoms. The summed E-state index contributed by atoms with van der Waals surface area (Å²) in [6, 6.07) is 5.19. The molecule has 2 atom stereocenters. The van der Waals surface area contributed by atoms with Gasteiger partial charge < -0.3 is 25.0 Å². The number of methoxy groups -OCH3 is 1. The number of amides is 3. The first-order chi connectivity index (χ1) is 17.8. The average Bonchev–Trinajstić information content (AvgIpc) is 2.85. The molecule has 9 heteroatoms. The maximum absolute atomic E-state index is 14.1. The van der Waals surface area contributed by atoms with Crippen molar-refractivity contribution in [2.75, 3.05) is 20.2 Å². The standard InChI is InChI=1S/C29H45N3O6/c1-9-11-12-13-17-32(27(35)24(20(3)4)31-28(36)38-29(5,6)7)25(26(34)30-19-23(33)37-8)22-16-14-15-21(10-2)18-22/h10,14-16,18,20,24-25H,2,9,11-13,17,19H2,1,3-8H3,(H,30,34)(H,31,36). The van der Waals surface area contributed by atoms with Crippen molar-refractivity contribution in [1.82, 2.24) is 15.5 Å². The molecule has 0 fully saturated rings. The van der Waals surface area contributed by atoms with Crippen LogP contribution in [0.15, 0.2) is 30.8 Å². The Kier molecular flexibility index (Phi) is 13.6. The number of ether oxygens (including phenoxy) is 2. The van der Waals surface area contributed by atoms with Crippen molar-refractivity contribution >= 4 is 30.0 Å². The molecule has 212 valence electrons. The quantitative estimate of drug-likeness (QED) is 0.268. The van der Waals surface area contributed by atoms with Crippen molar-refractivity contribution in [2.45, 2.75) is 84.9 Å². The first-order valence-electron chi connectivity index (χ1n) is 13.2. The van der Waals surface area contributed by atoms with Gasteiger partial charge in [-0.3, -0.25) is 14.4 Å². The third kappa shape index (κ3) is 10.9. The molecule has 0 aliphatic carbocycles. The summed E-state index contributed by atoms with van der Waals surface area (Å²) in [5.41, 5.74) is 0.600. The highest BCUT2D eigenvalue weighted by molar-refractivity contribution is 5.93. The van der Waals surface area contributed by atoms with Crippen LogP contribution in [-0.4, -0.2) is 60.6 Å². The number of rotatable bonds is 14. The second-order valence-corrected chi connectivity index (χ2v) is 10.5. The van der Waals surface area contributed by atoms with E-state index in [1.54, 1.807) is 45.0 Å². The van der Waals surface area contributed by atoms with E-state index in [0.717, 1.165) is 24.8 Å². The van der Waals surface area contributed by atoms with Gasteiger partial charge in [0.1, 0.15) is 24.2 Å². The number of carbonyl (C=O) groups is 4. The number of alkyl carbamates (subject to hydrolysis) is 1. The number of unbranched alkanes of at least 4 members (excludes halogenated alkanes) is 3. The average molecular weight is 532 g/mol. The van der Waals surface area contributed by atoms with Gasteiger partial charge in [0.2, 0.25) is 11.8 Å². The predicted octanol–water partition coefficient (Wildman–Crippen LogP) is 4.62. The lowest BCUT2D eigenvalue weighted by Crippen LogP contribution is -2.55. The number of hydrogen-bond acceptors (Lipinski definition) is 6. The highest BCUT2D eigenvalue weighted by atomic mass is 16.6. The van der Waals surface area contributed by atoms with Gasteiger partial charge in [0, 0.05) is 6.54 Å². The summed E-state index contributed by atoms with van der Waals surface area (Å²) in [5.74, 6) is -1.83. The minimum absolute atomic E-state index is 0.284. The Bertz CT molecular complexity index is 954. The van der Waals surface area contributed by atoms with E-state index in [1.165, 1.54) is 12.0 Å². The lowest BCUT2D eigenvalue weighted by molar-refractivity contribution is -0.145. The first-order valence-corrected chi connectivity index (χ1v) is 13.2. The Hall–Kier alpha value is -3.36. The van der Waals surface area contributed by atoms with E-state index in [9.17, 15) is 19.2 Å². The Morgan fingerprint density at radius 1 is 1.11 bits per heavy atom. The van der Waals surface area contributed by atoms with Crippen LogP contribution in [0.1, 0.15) is 84.4 Å². The second kappa shape index (κ2) is 15.8. The summed E-state index contributed by atoms with van der Waals surface area (Å²) in [6.07, 6.45) is 4.47. The van der Waals surface area contributed by atoms with Crippen LogP contribution in [0, 0.1) is 5.92 Å². The summed E-state index contributed by atoms with van der Waals surface area (Å²) < 4.78 is 10.1. The summed E-state index contributed by atoms with van der Waals surface area (Å²) in [5, 5.41) is 5.31. The molecule has 2 N–H and O–H groups in total. The third-order valence-electron chi connectivity index (χ3n) is 5.80. The van der Waals surface area contributed by atoms with Gasteiger partial charge in [0.15, 0.2) is 0 Å². The van der Waals surface area contributed by atoms with E-state index in [2.05, 4.69) is 28.9 Å². The van der Waals surface area contributed by atoms with Crippen molar-refractivity contribution in [2.24, 2.45) is 5.92 Å². The fourth-order valence-corrected chi connectivity index (χ4v) is 3.86. The van der Waals surface area contributed by atoms with E-state index >= 15 is 0 Å². The third-order valence-corrected chi connectivity index (χ3v) is 5.80. The van der Waals surface area contributed by atoms with Gasteiger partial charge >= 0.3 is 12.1 Å². The summed E-state index contributed by atoms with van der Waals surface area (Å²) >= 11 is 0. The van der Waals surface area contributed by atoms with E-state index in [1.807, 2.05) is 19.9 Å². The zero-order valence-electron chi connectivity index (χ0n) is 24.0. The van der Waals surface area contributed by atoms with Gasteiger partial charge in [0.05, 0.1) is 7.11 Å².